The maximum absolute atomic E-state index is 4.97. The Kier molecular flexibility index (Phi) is 8.35. The Labute approximate surface area is 183 Å². The van der Waals surface area contributed by atoms with Gasteiger partial charge in [0.1, 0.15) is 0 Å². The van der Waals surface area contributed by atoms with E-state index in [4.69, 9.17) is 4.98 Å². The lowest BCUT2D eigenvalue weighted by molar-refractivity contribution is 0.628. The number of hydrogen-bond acceptors (Lipinski definition) is 1. The number of aromatic nitrogens is 1. The van der Waals surface area contributed by atoms with Crippen LogP contribution in [0, 0.1) is 12.3 Å². The summed E-state index contributed by atoms with van der Waals surface area (Å²) in [5.41, 5.74) is 6.96. The molecule has 0 N–H and O–H groups in total. The summed E-state index contributed by atoms with van der Waals surface area (Å²) in [7, 11) is 0. The molecule has 0 radical (unpaired) electrons. The number of benzene rings is 1. The van der Waals surface area contributed by atoms with Crippen LogP contribution >= 0.6 is 0 Å². The lowest BCUT2D eigenvalue weighted by Gasteiger charge is -2.19. The summed E-state index contributed by atoms with van der Waals surface area (Å²) in [6.45, 7) is 16.7. The number of hydrogen-bond donors (Lipinski definition) is 0. The van der Waals surface area contributed by atoms with Crippen LogP contribution in [0.5, 0.6) is 0 Å². The molecule has 2 aromatic rings. The minimum absolute atomic E-state index is 0.00240. The lowest BCUT2D eigenvalue weighted by atomic mass is 9.88. The van der Waals surface area contributed by atoms with Crippen molar-refractivity contribution in [1.29, 1.82) is 0 Å². The largest absolute Gasteiger partial charge is 0.253 e. The van der Waals surface area contributed by atoms with Gasteiger partial charge in [-0.3, -0.25) is 4.98 Å². The summed E-state index contributed by atoms with van der Waals surface area (Å²) < 4.78 is 0. The summed E-state index contributed by atoms with van der Waals surface area (Å²) in [6.07, 6.45) is 16.9. The van der Waals surface area contributed by atoms with Gasteiger partial charge < -0.3 is 0 Å². The van der Waals surface area contributed by atoms with Crippen molar-refractivity contribution >= 4 is 5.57 Å². The molecule has 1 unspecified atom stereocenters. The minimum atomic E-state index is -0.00240. The molecule has 1 aromatic heterocycles. The van der Waals surface area contributed by atoms with Gasteiger partial charge in [-0.05, 0) is 49.1 Å². The third kappa shape index (κ3) is 6.03. The van der Waals surface area contributed by atoms with Crippen molar-refractivity contribution in [2.24, 2.45) is 5.41 Å². The first kappa shape index (κ1) is 23.3. The van der Waals surface area contributed by atoms with E-state index >= 15 is 0 Å². The molecule has 0 spiro atoms. The van der Waals surface area contributed by atoms with E-state index in [0.717, 1.165) is 17.0 Å². The average Bonchev–Trinajstić information content (AvgIpc) is 2.75. The zero-order valence-corrected chi connectivity index (χ0v) is 19.3. The highest BCUT2D eigenvalue weighted by molar-refractivity contribution is 5.78. The van der Waals surface area contributed by atoms with E-state index < -0.39 is 0 Å². The van der Waals surface area contributed by atoms with Gasteiger partial charge in [-0.2, -0.15) is 0 Å². The minimum Gasteiger partial charge on any atom is -0.253 e. The van der Waals surface area contributed by atoms with Crippen molar-refractivity contribution in [3.8, 4) is 11.1 Å². The fraction of sp³-hybridized carbons (Fsp3) is 0.276. The second kappa shape index (κ2) is 10.7. The molecule has 1 heterocycles. The SMILES string of the molecule is C=CC(C)(C)/C=C\C=C/C(C)c1c(-c2ccccc2)cc(C(/C=C\C)=C/C)nc1C. The maximum Gasteiger partial charge on any atom is 0.0708 e. The van der Waals surface area contributed by atoms with E-state index in [1.165, 1.54) is 16.7 Å². The summed E-state index contributed by atoms with van der Waals surface area (Å²) in [6, 6.07) is 12.8. The number of nitrogens with zero attached hydrogens (tertiary/aromatic N) is 1. The van der Waals surface area contributed by atoms with Crippen molar-refractivity contribution in [1.82, 2.24) is 4.98 Å². The van der Waals surface area contributed by atoms with E-state index in [2.05, 4.69) is 120 Å². The van der Waals surface area contributed by atoms with E-state index in [1.54, 1.807) is 0 Å². The van der Waals surface area contributed by atoms with Crippen LogP contribution in [-0.4, -0.2) is 4.98 Å². The molecular formula is C29H35N. The van der Waals surface area contributed by atoms with Gasteiger partial charge in [0.15, 0.2) is 0 Å². The molecule has 1 aromatic carbocycles. The number of allylic oxidation sites excluding steroid dienone is 9. The predicted molar refractivity (Wildman–Crippen MR) is 134 cm³/mol. The molecule has 1 atom stereocenters. The summed E-state index contributed by atoms with van der Waals surface area (Å²) in [4.78, 5) is 4.97. The van der Waals surface area contributed by atoms with Gasteiger partial charge in [-0.15, -0.1) is 6.58 Å². The molecule has 0 aliphatic heterocycles. The van der Waals surface area contributed by atoms with Crippen molar-refractivity contribution in [2.75, 3.05) is 0 Å². The topological polar surface area (TPSA) is 12.9 Å². The van der Waals surface area contributed by atoms with Crippen LogP contribution in [0.4, 0.5) is 0 Å². The normalized spacial score (nSPS) is 14.1. The third-order valence-electron chi connectivity index (χ3n) is 5.31. The Morgan fingerprint density at radius 3 is 2.40 bits per heavy atom. The molecule has 0 bridgehead atoms. The molecule has 0 aliphatic carbocycles. The van der Waals surface area contributed by atoms with E-state index in [-0.39, 0.29) is 11.3 Å². The van der Waals surface area contributed by atoms with Crippen LogP contribution in [-0.2, 0) is 0 Å². The Morgan fingerprint density at radius 2 is 1.80 bits per heavy atom. The molecule has 0 saturated carbocycles. The van der Waals surface area contributed by atoms with Crippen molar-refractivity contribution in [3.05, 3.63) is 109 Å². The zero-order valence-electron chi connectivity index (χ0n) is 19.3. The van der Waals surface area contributed by atoms with Crippen molar-refractivity contribution < 1.29 is 0 Å². The second-order valence-corrected chi connectivity index (χ2v) is 8.22. The fourth-order valence-electron chi connectivity index (χ4n) is 3.47. The van der Waals surface area contributed by atoms with E-state index in [0.29, 0.717) is 0 Å². The third-order valence-corrected chi connectivity index (χ3v) is 5.31. The van der Waals surface area contributed by atoms with Gasteiger partial charge >= 0.3 is 0 Å². The molecule has 156 valence electrons. The quantitative estimate of drug-likeness (QED) is 0.321. The smallest absolute Gasteiger partial charge is 0.0708 e. The Morgan fingerprint density at radius 1 is 1.10 bits per heavy atom. The molecule has 0 fully saturated rings. The average molecular weight is 398 g/mol. The van der Waals surface area contributed by atoms with Gasteiger partial charge in [0.25, 0.3) is 0 Å². The molecule has 30 heavy (non-hydrogen) atoms. The van der Waals surface area contributed by atoms with Gasteiger partial charge in [-0.1, -0.05) is 99.7 Å². The number of aryl methyl sites for hydroxylation is 1. The lowest BCUT2D eigenvalue weighted by Crippen LogP contribution is -2.03. The first-order valence-electron chi connectivity index (χ1n) is 10.7. The first-order valence-corrected chi connectivity index (χ1v) is 10.7. The molecule has 2 rings (SSSR count). The van der Waals surface area contributed by atoms with Gasteiger partial charge in [0.05, 0.1) is 5.69 Å². The van der Waals surface area contributed by atoms with Crippen LogP contribution in [0.25, 0.3) is 16.7 Å². The van der Waals surface area contributed by atoms with Crippen molar-refractivity contribution in [2.45, 2.75) is 47.5 Å². The Balaban J connectivity index is 2.54. The second-order valence-electron chi connectivity index (χ2n) is 8.22. The molecule has 0 saturated heterocycles. The fourth-order valence-corrected chi connectivity index (χ4v) is 3.47. The van der Waals surface area contributed by atoms with Crippen LogP contribution in [0.15, 0.2) is 91.6 Å². The van der Waals surface area contributed by atoms with Gasteiger partial charge in [0.2, 0.25) is 0 Å². The molecule has 0 aliphatic rings. The Hall–Kier alpha value is -2.93. The summed E-state index contributed by atoms with van der Waals surface area (Å²) in [5, 5.41) is 0. The monoisotopic (exact) mass is 397 g/mol. The van der Waals surface area contributed by atoms with E-state index in [9.17, 15) is 0 Å². The molecule has 0 amide bonds. The Bertz CT molecular complexity index is 969. The molecular weight excluding hydrogens is 362 g/mol. The highest BCUT2D eigenvalue weighted by Gasteiger charge is 2.16. The summed E-state index contributed by atoms with van der Waals surface area (Å²) in [5.74, 6) is 0.244. The molecule has 1 nitrogen and oxygen atoms in total. The predicted octanol–water partition coefficient (Wildman–Crippen LogP) is 8.46. The zero-order chi connectivity index (χ0) is 22.1. The van der Waals surface area contributed by atoms with Crippen molar-refractivity contribution in [3.63, 3.8) is 0 Å². The summed E-state index contributed by atoms with van der Waals surface area (Å²) >= 11 is 0. The highest BCUT2D eigenvalue weighted by atomic mass is 14.7. The van der Waals surface area contributed by atoms with Crippen LogP contribution in [0.2, 0.25) is 0 Å². The molecule has 1 heteroatoms. The highest BCUT2D eigenvalue weighted by Crippen LogP contribution is 2.34. The van der Waals surface area contributed by atoms with Gasteiger partial charge in [0, 0.05) is 17.0 Å². The standard InChI is InChI=1S/C29H35N/c1-8-16-24(9-2)27-21-26(25-18-12-11-13-19-25)28(23(5)30-27)22(4)17-14-15-20-29(6,7)10-3/h8-22H,3H2,1-2,4-7H3/b16-8-,17-14-,20-15-,24-9+. The number of pyridine rings is 1. The maximum atomic E-state index is 4.97. The number of rotatable bonds is 8. The van der Waals surface area contributed by atoms with Gasteiger partial charge in [-0.25, -0.2) is 0 Å². The van der Waals surface area contributed by atoms with Crippen LogP contribution < -0.4 is 0 Å². The van der Waals surface area contributed by atoms with Crippen LogP contribution in [0.3, 0.4) is 0 Å². The van der Waals surface area contributed by atoms with Crippen LogP contribution in [0.1, 0.15) is 57.5 Å². The first-order chi connectivity index (χ1) is 14.3. The van der Waals surface area contributed by atoms with E-state index in [1.807, 2.05) is 13.0 Å².